The Labute approximate surface area is 115 Å². The van der Waals surface area contributed by atoms with Gasteiger partial charge < -0.3 is 4.98 Å². The predicted molar refractivity (Wildman–Crippen MR) is 71.9 cm³/mol. The zero-order valence-corrected chi connectivity index (χ0v) is 11.2. The van der Waals surface area contributed by atoms with E-state index in [1.807, 2.05) is 13.8 Å². The van der Waals surface area contributed by atoms with Gasteiger partial charge in [-0.25, -0.2) is 9.37 Å². The number of H-pyrrole nitrogens is 1. The van der Waals surface area contributed by atoms with Gasteiger partial charge in [0.25, 0.3) is 5.78 Å². The summed E-state index contributed by atoms with van der Waals surface area (Å²) in [7, 11) is 0. The first-order valence-corrected chi connectivity index (χ1v) is 6.46. The van der Waals surface area contributed by atoms with E-state index in [0.717, 1.165) is 6.08 Å². The molecule has 20 heavy (non-hydrogen) atoms. The summed E-state index contributed by atoms with van der Waals surface area (Å²) >= 11 is 0. The van der Waals surface area contributed by atoms with Gasteiger partial charge in [0.1, 0.15) is 23.0 Å². The average molecular weight is 272 g/mol. The number of imidazole rings is 1. The Kier molecular flexibility index (Phi) is 2.78. The van der Waals surface area contributed by atoms with E-state index < -0.39 is 17.4 Å². The first-order chi connectivity index (χ1) is 9.49. The van der Waals surface area contributed by atoms with Crippen molar-refractivity contribution in [2.75, 3.05) is 0 Å². The smallest absolute Gasteiger partial charge is 0.251 e. The molecule has 1 heterocycles. The van der Waals surface area contributed by atoms with Crippen LogP contribution in [-0.2, 0) is 4.79 Å². The number of fused-ring (bicyclic) bond motifs is 3. The fourth-order valence-electron chi connectivity index (χ4n) is 2.35. The minimum absolute atomic E-state index is 0.0931. The highest BCUT2D eigenvalue weighted by Gasteiger charge is 2.36. The SMILES string of the molecule is CC(C)c1nc2c([nH]1)C(=O)C(=O)C1=CC(F)=CCC=C12. The third kappa shape index (κ3) is 1.78. The van der Waals surface area contributed by atoms with Gasteiger partial charge in [0.2, 0.25) is 5.78 Å². The molecule has 1 aromatic heterocycles. The van der Waals surface area contributed by atoms with E-state index in [2.05, 4.69) is 9.97 Å². The van der Waals surface area contributed by atoms with E-state index in [0.29, 0.717) is 23.5 Å². The number of nitrogens with zero attached hydrogens (tertiary/aromatic N) is 1. The van der Waals surface area contributed by atoms with Crippen molar-refractivity contribution >= 4 is 17.1 Å². The van der Waals surface area contributed by atoms with Gasteiger partial charge in [-0.3, -0.25) is 9.59 Å². The van der Waals surface area contributed by atoms with E-state index in [9.17, 15) is 14.0 Å². The topological polar surface area (TPSA) is 62.8 Å². The lowest BCUT2D eigenvalue weighted by Gasteiger charge is -2.14. The second-order valence-electron chi connectivity index (χ2n) is 5.16. The van der Waals surface area contributed by atoms with E-state index in [1.54, 1.807) is 6.08 Å². The molecule has 102 valence electrons. The lowest BCUT2D eigenvalue weighted by Crippen LogP contribution is -2.24. The minimum atomic E-state index is -0.687. The Hall–Kier alpha value is -2.30. The molecular weight excluding hydrogens is 259 g/mol. The van der Waals surface area contributed by atoms with Crippen LogP contribution in [0.1, 0.15) is 48.2 Å². The van der Waals surface area contributed by atoms with Gasteiger partial charge in [0.05, 0.1) is 0 Å². The van der Waals surface area contributed by atoms with Crippen LogP contribution in [-0.4, -0.2) is 21.5 Å². The Balaban J connectivity index is 2.24. The van der Waals surface area contributed by atoms with Crippen molar-refractivity contribution in [2.45, 2.75) is 26.2 Å². The normalized spacial score (nSPS) is 18.1. The van der Waals surface area contributed by atoms with Crippen LogP contribution in [0.15, 0.2) is 29.6 Å². The fraction of sp³-hybridized carbons (Fsp3) is 0.267. The van der Waals surface area contributed by atoms with Crippen LogP contribution < -0.4 is 0 Å². The maximum absolute atomic E-state index is 13.5. The molecular formula is C15H13FN2O2. The number of carbonyl (C=O) groups is 2. The fourth-order valence-corrected chi connectivity index (χ4v) is 2.35. The highest BCUT2D eigenvalue weighted by Crippen LogP contribution is 2.35. The Morgan fingerprint density at radius 2 is 1.95 bits per heavy atom. The molecule has 0 fully saturated rings. The summed E-state index contributed by atoms with van der Waals surface area (Å²) in [5.74, 6) is -1.09. The Morgan fingerprint density at radius 3 is 2.65 bits per heavy atom. The Morgan fingerprint density at radius 1 is 1.20 bits per heavy atom. The lowest BCUT2D eigenvalue weighted by molar-refractivity contribution is -0.111. The van der Waals surface area contributed by atoms with Crippen molar-refractivity contribution in [2.24, 2.45) is 0 Å². The van der Waals surface area contributed by atoms with E-state index in [1.165, 1.54) is 6.08 Å². The van der Waals surface area contributed by atoms with Crippen LogP contribution in [0.25, 0.3) is 5.57 Å². The number of hydrogen-bond acceptors (Lipinski definition) is 3. The minimum Gasteiger partial charge on any atom is -0.338 e. The van der Waals surface area contributed by atoms with Gasteiger partial charge in [0.15, 0.2) is 0 Å². The summed E-state index contributed by atoms with van der Waals surface area (Å²) in [5, 5.41) is 0. The summed E-state index contributed by atoms with van der Waals surface area (Å²) in [6.07, 6.45) is 4.58. The molecule has 3 rings (SSSR count). The molecule has 0 bridgehead atoms. The highest BCUT2D eigenvalue weighted by atomic mass is 19.1. The van der Waals surface area contributed by atoms with Crippen LogP contribution in [0.4, 0.5) is 4.39 Å². The largest absolute Gasteiger partial charge is 0.338 e. The molecule has 1 aromatic rings. The van der Waals surface area contributed by atoms with Crippen LogP contribution in [0.3, 0.4) is 0 Å². The van der Waals surface area contributed by atoms with Crippen molar-refractivity contribution in [1.29, 1.82) is 0 Å². The molecule has 0 saturated carbocycles. The maximum Gasteiger partial charge on any atom is 0.251 e. The summed E-state index contributed by atoms with van der Waals surface area (Å²) in [6.45, 7) is 3.88. The second-order valence-corrected chi connectivity index (χ2v) is 5.16. The van der Waals surface area contributed by atoms with Gasteiger partial charge >= 0.3 is 0 Å². The van der Waals surface area contributed by atoms with Gasteiger partial charge in [-0.2, -0.15) is 0 Å². The van der Waals surface area contributed by atoms with E-state index in [4.69, 9.17) is 0 Å². The van der Waals surface area contributed by atoms with Gasteiger partial charge in [-0.1, -0.05) is 19.9 Å². The quantitative estimate of drug-likeness (QED) is 0.799. The molecule has 4 nitrogen and oxygen atoms in total. The number of hydrogen-bond donors (Lipinski definition) is 1. The highest BCUT2D eigenvalue weighted by molar-refractivity contribution is 6.54. The molecule has 0 amide bonds. The zero-order valence-electron chi connectivity index (χ0n) is 11.2. The van der Waals surface area contributed by atoms with Crippen molar-refractivity contribution in [3.8, 4) is 0 Å². The third-order valence-corrected chi connectivity index (χ3v) is 3.41. The molecule has 2 aliphatic carbocycles. The number of allylic oxidation sites excluding steroid dienone is 6. The van der Waals surface area contributed by atoms with Crippen LogP contribution in [0.2, 0.25) is 0 Å². The second kappa shape index (κ2) is 4.37. The van der Waals surface area contributed by atoms with Gasteiger partial charge in [0, 0.05) is 17.1 Å². The average Bonchev–Trinajstić information content (AvgIpc) is 2.75. The summed E-state index contributed by atoms with van der Waals surface area (Å²) < 4.78 is 13.5. The molecule has 2 aliphatic rings. The van der Waals surface area contributed by atoms with E-state index >= 15 is 0 Å². The van der Waals surface area contributed by atoms with Gasteiger partial charge in [-0.05, 0) is 18.6 Å². The number of rotatable bonds is 1. The number of carbonyl (C=O) groups excluding carboxylic acids is 2. The standard InChI is InChI=1S/C15H13FN2O2/c1-7(2)15-17-11-9-5-3-4-8(16)6-10(9)13(19)14(20)12(11)18-15/h4-7H,3H2,1-2H3,(H,17,18). The monoisotopic (exact) mass is 272 g/mol. The number of aromatic amines is 1. The molecule has 0 aromatic carbocycles. The molecule has 0 radical (unpaired) electrons. The van der Waals surface area contributed by atoms with E-state index in [-0.39, 0.29) is 17.2 Å². The van der Waals surface area contributed by atoms with Crippen LogP contribution in [0, 0.1) is 0 Å². The first kappa shape index (κ1) is 12.7. The number of aromatic nitrogens is 2. The molecule has 0 saturated heterocycles. The number of nitrogens with one attached hydrogen (secondary N) is 1. The lowest BCUT2D eigenvalue weighted by atomic mass is 9.88. The number of Topliss-reactive ketones (excluding diaryl/α,β-unsaturated/α-hetero) is 2. The predicted octanol–water partition coefficient (Wildman–Crippen LogP) is 2.87. The zero-order chi connectivity index (χ0) is 14.4. The summed E-state index contributed by atoms with van der Waals surface area (Å²) in [4.78, 5) is 31.5. The van der Waals surface area contributed by atoms with Crippen molar-refractivity contribution in [3.63, 3.8) is 0 Å². The number of ketones is 2. The van der Waals surface area contributed by atoms with Crippen LogP contribution >= 0.6 is 0 Å². The summed E-state index contributed by atoms with van der Waals surface area (Å²) in [6, 6.07) is 0. The molecule has 5 heteroatoms. The van der Waals surface area contributed by atoms with Gasteiger partial charge in [-0.15, -0.1) is 0 Å². The molecule has 0 unspecified atom stereocenters. The Bertz CT molecular complexity index is 720. The third-order valence-electron chi connectivity index (χ3n) is 3.41. The van der Waals surface area contributed by atoms with Crippen LogP contribution in [0.5, 0.6) is 0 Å². The molecule has 0 atom stereocenters. The molecule has 1 N–H and O–H groups in total. The molecule has 0 aliphatic heterocycles. The maximum atomic E-state index is 13.5. The molecule has 0 spiro atoms. The summed E-state index contributed by atoms with van der Waals surface area (Å²) in [5.41, 5.74) is 1.30. The first-order valence-electron chi connectivity index (χ1n) is 6.46. The van der Waals surface area contributed by atoms with Crippen molar-refractivity contribution in [1.82, 2.24) is 9.97 Å². The van der Waals surface area contributed by atoms with Crippen molar-refractivity contribution < 1.29 is 14.0 Å². The number of halogens is 1. The van der Waals surface area contributed by atoms with Crippen molar-refractivity contribution in [3.05, 3.63) is 46.8 Å².